The van der Waals surface area contributed by atoms with Gasteiger partial charge in [0.2, 0.25) is 5.91 Å². The first-order valence-electron chi connectivity index (χ1n) is 9.84. The molecule has 1 aromatic rings. The Balaban J connectivity index is 1.56. The molecule has 6 heteroatoms. The smallest absolute Gasteiger partial charge is 0.251 e. The molecule has 0 aromatic heterocycles. The van der Waals surface area contributed by atoms with Crippen molar-refractivity contribution < 1.29 is 19.1 Å². The minimum absolute atomic E-state index is 0.0746. The molecule has 3 rings (SSSR count). The zero-order chi connectivity index (χ0) is 19.4. The minimum atomic E-state index is -0.281. The van der Waals surface area contributed by atoms with Gasteiger partial charge in [0.1, 0.15) is 11.9 Å². The molecule has 2 amide bonds. The Morgan fingerprint density at radius 1 is 1.19 bits per heavy atom. The van der Waals surface area contributed by atoms with Crippen molar-refractivity contribution in [2.24, 2.45) is 0 Å². The van der Waals surface area contributed by atoms with Gasteiger partial charge in [0.15, 0.2) is 0 Å². The number of rotatable bonds is 5. The monoisotopic (exact) mass is 374 g/mol. The first kappa shape index (κ1) is 19.7. The number of nitrogens with zero attached hydrogens (tertiary/aromatic N) is 2. The number of benzene rings is 1. The standard InChI is InChI=1S/C21H30N2O4/c1-15(2)16-6-7-17(19(13-16)26-3)14-20(24)22-8-10-23(11-9-22)21(25)18-5-4-12-27-18/h6-7,13,15,18H,4-5,8-12,14H2,1-3H3. The van der Waals surface area contributed by atoms with Gasteiger partial charge in [0, 0.05) is 38.3 Å². The van der Waals surface area contributed by atoms with Crippen LogP contribution in [0.1, 0.15) is 43.7 Å². The van der Waals surface area contributed by atoms with E-state index in [1.165, 1.54) is 5.56 Å². The van der Waals surface area contributed by atoms with Crippen LogP contribution in [0.3, 0.4) is 0 Å². The van der Waals surface area contributed by atoms with Crippen molar-refractivity contribution in [1.82, 2.24) is 9.80 Å². The molecule has 2 aliphatic rings. The van der Waals surface area contributed by atoms with E-state index in [1.54, 1.807) is 7.11 Å². The lowest BCUT2D eigenvalue weighted by Gasteiger charge is -2.35. The van der Waals surface area contributed by atoms with E-state index in [1.807, 2.05) is 21.9 Å². The molecule has 0 spiro atoms. The molecule has 1 aromatic carbocycles. The summed E-state index contributed by atoms with van der Waals surface area (Å²) in [4.78, 5) is 28.8. The summed E-state index contributed by atoms with van der Waals surface area (Å²) >= 11 is 0. The molecule has 2 fully saturated rings. The summed E-state index contributed by atoms with van der Waals surface area (Å²) < 4.78 is 11.0. The summed E-state index contributed by atoms with van der Waals surface area (Å²) in [6.07, 6.45) is 1.80. The van der Waals surface area contributed by atoms with Crippen molar-refractivity contribution in [3.63, 3.8) is 0 Å². The van der Waals surface area contributed by atoms with E-state index in [0.29, 0.717) is 45.1 Å². The maximum absolute atomic E-state index is 12.7. The van der Waals surface area contributed by atoms with Crippen LogP contribution in [0.25, 0.3) is 0 Å². The highest BCUT2D eigenvalue weighted by Gasteiger charge is 2.31. The van der Waals surface area contributed by atoms with E-state index < -0.39 is 0 Å². The fraction of sp³-hybridized carbons (Fsp3) is 0.619. The summed E-state index contributed by atoms with van der Waals surface area (Å²) in [6.45, 7) is 7.25. The van der Waals surface area contributed by atoms with Crippen LogP contribution >= 0.6 is 0 Å². The van der Waals surface area contributed by atoms with E-state index in [4.69, 9.17) is 9.47 Å². The fourth-order valence-electron chi connectivity index (χ4n) is 3.69. The Bertz CT molecular complexity index is 675. The highest BCUT2D eigenvalue weighted by atomic mass is 16.5. The number of ether oxygens (including phenoxy) is 2. The normalized spacial score (nSPS) is 20.2. The number of piperazine rings is 1. The van der Waals surface area contributed by atoms with Gasteiger partial charge in [-0.3, -0.25) is 9.59 Å². The Kier molecular flexibility index (Phi) is 6.37. The largest absolute Gasteiger partial charge is 0.496 e. The van der Waals surface area contributed by atoms with Crippen LogP contribution in [0.4, 0.5) is 0 Å². The van der Waals surface area contributed by atoms with E-state index in [-0.39, 0.29) is 17.9 Å². The van der Waals surface area contributed by atoms with Crippen molar-refractivity contribution in [3.8, 4) is 5.75 Å². The van der Waals surface area contributed by atoms with Crippen LogP contribution in [-0.4, -0.2) is 67.6 Å². The summed E-state index contributed by atoms with van der Waals surface area (Å²) in [7, 11) is 1.64. The van der Waals surface area contributed by atoms with Gasteiger partial charge in [-0.25, -0.2) is 0 Å². The molecule has 148 valence electrons. The van der Waals surface area contributed by atoms with E-state index in [2.05, 4.69) is 19.9 Å². The quantitative estimate of drug-likeness (QED) is 0.793. The molecule has 2 saturated heterocycles. The van der Waals surface area contributed by atoms with E-state index in [9.17, 15) is 9.59 Å². The Morgan fingerprint density at radius 2 is 1.89 bits per heavy atom. The van der Waals surface area contributed by atoms with Gasteiger partial charge in [-0.15, -0.1) is 0 Å². The Morgan fingerprint density at radius 3 is 2.48 bits per heavy atom. The third-order valence-electron chi connectivity index (χ3n) is 5.47. The van der Waals surface area contributed by atoms with Crippen molar-refractivity contribution in [2.45, 2.75) is 45.1 Å². The van der Waals surface area contributed by atoms with Crippen LogP contribution in [0.15, 0.2) is 18.2 Å². The van der Waals surface area contributed by atoms with Gasteiger partial charge in [-0.2, -0.15) is 0 Å². The first-order valence-corrected chi connectivity index (χ1v) is 9.84. The van der Waals surface area contributed by atoms with Gasteiger partial charge in [0.05, 0.1) is 13.5 Å². The Hall–Kier alpha value is -2.08. The van der Waals surface area contributed by atoms with Crippen LogP contribution in [-0.2, 0) is 20.7 Å². The molecule has 2 aliphatic heterocycles. The van der Waals surface area contributed by atoms with Gasteiger partial charge in [-0.1, -0.05) is 26.0 Å². The zero-order valence-corrected chi connectivity index (χ0v) is 16.6. The lowest BCUT2D eigenvalue weighted by atomic mass is 9.99. The Labute approximate surface area is 161 Å². The zero-order valence-electron chi connectivity index (χ0n) is 16.6. The molecule has 0 radical (unpaired) electrons. The third-order valence-corrected chi connectivity index (χ3v) is 5.47. The predicted octanol–water partition coefficient (Wildman–Crippen LogP) is 2.21. The lowest BCUT2D eigenvalue weighted by molar-refractivity contribution is -0.145. The second-order valence-corrected chi connectivity index (χ2v) is 7.61. The van der Waals surface area contributed by atoms with Crippen LogP contribution in [0.5, 0.6) is 5.75 Å². The second-order valence-electron chi connectivity index (χ2n) is 7.61. The minimum Gasteiger partial charge on any atom is -0.496 e. The molecule has 6 nitrogen and oxygen atoms in total. The second kappa shape index (κ2) is 8.74. The SMILES string of the molecule is COc1cc(C(C)C)ccc1CC(=O)N1CCN(C(=O)C2CCCO2)CC1. The van der Waals surface area contributed by atoms with Gasteiger partial charge < -0.3 is 19.3 Å². The summed E-state index contributed by atoms with van der Waals surface area (Å²) in [5, 5.41) is 0. The number of amides is 2. The number of carbonyl (C=O) groups is 2. The van der Waals surface area contributed by atoms with Gasteiger partial charge in [0.25, 0.3) is 5.91 Å². The summed E-state index contributed by atoms with van der Waals surface area (Å²) in [6, 6.07) is 6.07. The third kappa shape index (κ3) is 4.61. The molecule has 27 heavy (non-hydrogen) atoms. The molecule has 1 unspecified atom stereocenters. The van der Waals surface area contributed by atoms with Gasteiger partial charge >= 0.3 is 0 Å². The summed E-state index contributed by atoms with van der Waals surface area (Å²) in [5.74, 6) is 1.33. The number of carbonyl (C=O) groups excluding carboxylic acids is 2. The number of methoxy groups -OCH3 is 1. The summed E-state index contributed by atoms with van der Waals surface area (Å²) in [5.41, 5.74) is 2.11. The van der Waals surface area contributed by atoms with Crippen LogP contribution in [0.2, 0.25) is 0 Å². The first-order chi connectivity index (χ1) is 13.0. The van der Waals surface area contributed by atoms with E-state index in [0.717, 1.165) is 24.2 Å². The van der Waals surface area contributed by atoms with Crippen molar-refractivity contribution >= 4 is 11.8 Å². The molecule has 0 aliphatic carbocycles. The molecular formula is C21H30N2O4. The van der Waals surface area contributed by atoms with Crippen molar-refractivity contribution in [3.05, 3.63) is 29.3 Å². The highest BCUT2D eigenvalue weighted by molar-refractivity contribution is 5.82. The lowest BCUT2D eigenvalue weighted by Crippen LogP contribution is -2.53. The van der Waals surface area contributed by atoms with Gasteiger partial charge in [-0.05, 0) is 30.4 Å². The van der Waals surface area contributed by atoms with Crippen LogP contribution < -0.4 is 4.74 Å². The van der Waals surface area contributed by atoms with Crippen molar-refractivity contribution in [2.75, 3.05) is 39.9 Å². The molecule has 2 heterocycles. The molecule has 0 N–H and O–H groups in total. The van der Waals surface area contributed by atoms with E-state index >= 15 is 0 Å². The van der Waals surface area contributed by atoms with Crippen molar-refractivity contribution in [1.29, 1.82) is 0 Å². The predicted molar refractivity (Wildman–Crippen MR) is 103 cm³/mol. The average Bonchev–Trinajstić information content (AvgIpc) is 3.22. The molecule has 0 saturated carbocycles. The highest BCUT2D eigenvalue weighted by Crippen LogP contribution is 2.25. The average molecular weight is 374 g/mol. The molecule has 1 atom stereocenters. The molecule has 0 bridgehead atoms. The number of hydrogen-bond acceptors (Lipinski definition) is 4. The van der Waals surface area contributed by atoms with Crippen LogP contribution in [0, 0.1) is 0 Å². The fourth-order valence-corrected chi connectivity index (χ4v) is 3.69. The molecular weight excluding hydrogens is 344 g/mol. The topological polar surface area (TPSA) is 59.1 Å². The number of hydrogen-bond donors (Lipinski definition) is 0. The maximum Gasteiger partial charge on any atom is 0.251 e. The maximum atomic E-state index is 12.7.